The molecular weight excluding hydrogens is 398 g/mol. The van der Waals surface area contributed by atoms with Crippen LogP contribution in [0.5, 0.6) is 0 Å². The fourth-order valence-electron chi connectivity index (χ4n) is 4.69. The van der Waals surface area contributed by atoms with Crippen molar-refractivity contribution in [2.75, 3.05) is 18.4 Å². The van der Waals surface area contributed by atoms with Crippen molar-refractivity contribution in [2.24, 2.45) is 5.92 Å². The van der Waals surface area contributed by atoms with E-state index in [-0.39, 0.29) is 23.3 Å². The van der Waals surface area contributed by atoms with Crippen molar-refractivity contribution >= 4 is 34.6 Å². The van der Waals surface area contributed by atoms with E-state index in [0.29, 0.717) is 16.6 Å². The van der Waals surface area contributed by atoms with Crippen LogP contribution in [-0.4, -0.2) is 39.6 Å². The number of nitrogens with zero attached hydrogens (tertiary/aromatic N) is 2. The standard InChI is InChI=1S/C24H24F2N4O/c1-15-14-24(15,30-10-2-3-11-30)23(31)27-22-12-18-20(28-29-21(18)13-19(22)26)9-6-16-4-7-17(25)8-5-16/h4-9,12-13,15H,2-3,10-11,14H2,1H3,(H,27,31)(H,28,29)/b9-6+. The van der Waals surface area contributed by atoms with Gasteiger partial charge < -0.3 is 5.32 Å². The third-order valence-corrected chi connectivity index (χ3v) is 6.57. The molecule has 2 atom stereocenters. The first-order chi connectivity index (χ1) is 15.0. The molecule has 2 aliphatic rings. The van der Waals surface area contributed by atoms with Gasteiger partial charge in [0, 0.05) is 11.5 Å². The molecule has 2 heterocycles. The molecule has 1 aromatic heterocycles. The van der Waals surface area contributed by atoms with Crippen molar-refractivity contribution < 1.29 is 13.6 Å². The number of hydrogen-bond donors (Lipinski definition) is 2. The molecule has 1 saturated heterocycles. The summed E-state index contributed by atoms with van der Waals surface area (Å²) in [5.74, 6) is -0.661. The molecule has 0 bridgehead atoms. The van der Waals surface area contributed by atoms with E-state index in [0.717, 1.165) is 37.9 Å². The minimum atomic E-state index is -0.514. The zero-order valence-corrected chi connectivity index (χ0v) is 17.3. The summed E-state index contributed by atoms with van der Waals surface area (Å²) in [5.41, 5.74) is 1.63. The normalized spacial score (nSPS) is 23.6. The Labute approximate surface area is 179 Å². The highest BCUT2D eigenvalue weighted by molar-refractivity contribution is 6.02. The van der Waals surface area contributed by atoms with E-state index < -0.39 is 11.4 Å². The summed E-state index contributed by atoms with van der Waals surface area (Å²) < 4.78 is 27.8. The number of amides is 1. The highest BCUT2D eigenvalue weighted by atomic mass is 19.1. The fourth-order valence-corrected chi connectivity index (χ4v) is 4.69. The minimum absolute atomic E-state index is 0.132. The Morgan fingerprint density at radius 1 is 1.19 bits per heavy atom. The highest BCUT2D eigenvalue weighted by Crippen LogP contribution is 2.50. The number of aromatic amines is 1. The van der Waals surface area contributed by atoms with Crippen molar-refractivity contribution in [3.05, 3.63) is 59.3 Å². The van der Waals surface area contributed by atoms with Gasteiger partial charge in [-0.1, -0.05) is 25.1 Å². The van der Waals surface area contributed by atoms with Crippen LogP contribution in [-0.2, 0) is 4.79 Å². The SMILES string of the molecule is CC1CC1(C(=O)Nc1cc2c(/C=C/c3ccc(F)cc3)n[nH]c2cc1F)N1CCCC1. The molecule has 7 heteroatoms. The van der Waals surface area contributed by atoms with Gasteiger partial charge in [-0.05, 0) is 68.1 Å². The lowest BCUT2D eigenvalue weighted by atomic mass is 10.1. The van der Waals surface area contributed by atoms with Crippen LogP contribution in [0.1, 0.15) is 37.4 Å². The number of carbonyl (C=O) groups excluding carboxylic acids is 1. The number of carbonyl (C=O) groups is 1. The molecule has 2 aromatic carbocycles. The lowest BCUT2D eigenvalue weighted by Crippen LogP contribution is -2.46. The molecule has 0 radical (unpaired) electrons. The van der Waals surface area contributed by atoms with E-state index in [2.05, 4.69) is 27.3 Å². The van der Waals surface area contributed by atoms with Crippen LogP contribution in [0.2, 0.25) is 0 Å². The Morgan fingerprint density at radius 3 is 2.58 bits per heavy atom. The topological polar surface area (TPSA) is 61.0 Å². The summed E-state index contributed by atoms with van der Waals surface area (Å²) >= 11 is 0. The van der Waals surface area contributed by atoms with Gasteiger partial charge in [-0.2, -0.15) is 5.10 Å². The second-order valence-corrected chi connectivity index (χ2v) is 8.55. The van der Waals surface area contributed by atoms with Crippen LogP contribution >= 0.6 is 0 Å². The average molecular weight is 422 g/mol. The fraction of sp³-hybridized carbons (Fsp3) is 0.333. The quantitative estimate of drug-likeness (QED) is 0.620. The second kappa shape index (κ2) is 7.57. The smallest absolute Gasteiger partial charge is 0.245 e. The Bertz CT molecular complexity index is 1160. The first kappa shape index (κ1) is 19.9. The summed E-state index contributed by atoms with van der Waals surface area (Å²) in [6, 6.07) is 9.09. The zero-order chi connectivity index (χ0) is 21.6. The van der Waals surface area contributed by atoms with Crippen molar-refractivity contribution in [1.29, 1.82) is 0 Å². The molecule has 1 aliphatic heterocycles. The van der Waals surface area contributed by atoms with Gasteiger partial charge in [0.1, 0.15) is 17.2 Å². The molecule has 1 saturated carbocycles. The molecule has 2 unspecified atom stereocenters. The predicted octanol–water partition coefficient (Wildman–Crippen LogP) is 4.82. The van der Waals surface area contributed by atoms with E-state index in [4.69, 9.17) is 0 Å². The molecule has 31 heavy (non-hydrogen) atoms. The minimum Gasteiger partial charge on any atom is -0.322 e. The summed E-state index contributed by atoms with van der Waals surface area (Å²) in [4.78, 5) is 15.4. The maximum atomic E-state index is 14.7. The molecule has 5 nitrogen and oxygen atoms in total. The van der Waals surface area contributed by atoms with Crippen molar-refractivity contribution in [1.82, 2.24) is 15.1 Å². The molecule has 5 rings (SSSR count). The number of benzene rings is 2. The molecule has 2 N–H and O–H groups in total. The second-order valence-electron chi connectivity index (χ2n) is 8.55. The molecule has 3 aromatic rings. The number of rotatable bonds is 5. The number of anilines is 1. The summed E-state index contributed by atoms with van der Waals surface area (Å²) in [5, 5.41) is 10.6. The number of likely N-dealkylation sites (tertiary alicyclic amines) is 1. The van der Waals surface area contributed by atoms with Crippen molar-refractivity contribution in [2.45, 2.75) is 31.7 Å². The van der Waals surface area contributed by atoms with E-state index in [1.807, 2.05) is 6.08 Å². The molecular formula is C24H24F2N4O. The number of fused-ring (bicyclic) bond motifs is 1. The summed E-state index contributed by atoms with van der Waals surface area (Å²) in [6.45, 7) is 3.91. The van der Waals surface area contributed by atoms with Gasteiger partial charge in [0.15, 0.2) is 0 Å². The first-order valence-corrected chi connectivity index (χ1v) is 10.6. The Hall–Kier alpha value is -3.06. The van der Waals surface area contributed by atoms with E-state index in [9.17, 15) is 13.6 Å². The van der Waals surface area contributed by atoms with Crippen LogP contribution in [0.3, 0.4) is 0 Å². The predicted molar refractivity (Wildman–Crippen MR) is 117 cm³/mol. The first-order valence-electron chi connectivity index (χ1n) is 10.6. The van der Waals surface area contributed by atoms with Gasteiger partial charge in [0.2, 0.25) is 5.91 Å². The molecule has 2 fully saturated rings. The van der Waals surface area contributed by atoms with E-state index in [1.165, 1.54) is 18.2 Å². The third-order valence-electron chi connectivity index (χ3n) is 6.57. The Balaban J connectivity index is 1.42. The van der Waals surface area contributed by atoms with Gasteiger partial charge >= 0.3 is 0 Å². The van der Waals surface area contributed by atoms with Gasteiger partial charge in [0.25, 0.3) is 0 Å². The number of nitrogens with one attached hydrogen (secondary N) is 2. The maximum Gasteiger partial charge on any atom is 0.245 e. The molecule has 0 spiro atoms. The summed E-state index contributed by atoms with van der Waals surface area (Å²) in [6.07, 6.45) is 6.59. The van der Waals surface area contributed by atoms with Crippen LogP contribution in [0.4, 0.5) is 14.5 Å². The van der Waals surface area contributed by atoms with Crippen molar-refractivity contribution in [3.8, 4) is 0 Å². The lowest BCUT2D eigenvalue weighted by molar-refractivity contribution is -0.123. The van der Waals surface area contributed by atoms with Crippen LogP contribution in [0.25, 0.3) is 23.1 Å². The zero-order valence-electron chi connectivity index (χ0n) is 17.3. The lowest BCUT2D eigenvalue weighted by Gasteiger charge is -2.27. The molecule has 1 aliphatic carbocycles. The van der Waals surface area contributed by atoms with Crippen molar-refractivity contribution in [3.63, 3.8) is 0 Å². The number of halogens is 2. The monoisotopic (exact) mass is 422 g/mol. The Morgan fingerprint density at radius 2 is 1.90 bits per heavy atom. The van der Waals surface area contributed by atoms with Crippen LogP contribution in [0, 0.1) is 17.6 Å². The largest absolute Gasteiger partial charge is 0.322 e. The van der Waals surface area contributed by atoms with Crippen LogP contribution in [0.15, 0.2) is 36.4 Å². The number of hydrogen-bond acceptors (Lipinski definition) is 3. The van der Waals surface area contributed by atoms with Gasteiger partial charge in [-0.15, -0.1) is 0 Å². The number of aromatic nitrogens is 2. The van der Waals surface area contributed by atoms with Crippen LogP contribution < -0.4 is 5.32 Å². The van der Waals surface area contributed by atoms with E-state index >= 15 is 0 Å². The van der Waals surface area contributed by atoms with Gasteiger partial charge in [0.05, 0.1) is 16.9 Å². The highest BCUT2D eigenvalue weighted by Gasteiger charge is 2.61. The number of H-pyrrole nitrogens is 1. The van der Waals surface area contributed by atoms with Gasteiger partial charge in [-0.25, -0.2) is 8.78 Å². The van der Waals surface area contributed by atoms with E-state index in [1.54, 1.807) is 24.3 Å². The average Bonchev–Trinajstić information content (AvgIpc) is 3.12. The third kappa shape index (κ3) is 3.53. The van der Waals surface area contributed by atoms with Gasteiger partial charge in [-0.3, -0.25) is 14.8 Å². The molecule has 160 valence electrons. The summed E-state index contributed by atoms with van der Waals surface area (Å²) in [7, 11) is 0. The maximum absolute atomic E-state index is 14.7. The molecule has 1 amide bonds. The Kier molecular flexibility index (Phi) is 4.85.